The van der Waals surface area contributed by atoms with E-state index in [1.807, 2.05) is 0 Å². The van der Waals surface area contributed by atoms with Crippen LogP contribution in [-0.4, -0.2) is 41.6 Å². The van der Waals surface area contributed by atoms with Crippen molar-refractivity contribution in [1.82, 2.24) is 4.90 Å². The molecule has 3 unspecified atom stereocenters. The van der Waals surface area contributed by atoms with Crippen molar-refractivity contribution in [3.05, 3.63) is 0 Å². The quantitative estimate of drug-likeness (QED) is 0.718. The Morgan fingerprint density at radius 2 is 2.21 bits per heavy atom. The Balaban J connectivity index is 1.85. The molecule has 0 spiro atoms. The smallest absolute Gasteiger partial charge is 0.0186 e. The Morgan fingerprint density at radius 3 is 2.86 bits per heavy atom. The van der Waals surface area contributed by atoms with Crippen molar-refractivity contribution in [2.45, 2.75) is 38.3 Å². The van der Waals surface area contributed by atoms with Gasteiger partial charge in [-0.3, -0.25) is 4.90 Å². The molecule has 0 radical (unpaired) electrons. The normalized spacial score (nSPS) is 41.1. The van der Waals surface area contributed by atoms with Crippen LogP contribution in [-0.2, 0) is 0 Å². The molecule has 0 aromatic heterocycles. The first-order valence-corrected chi connectivity index (χ1v) is 7.00. The molecule has 0 aromatic rings. The summed E-state index contributed by atoms with van der Waals surface area (Å²) < 4.78 is 0. The number of hydrogen-bond acceptors (Lipinski definition) is 3. The Bertz CT molecular complexity index is 180. The van der Waals surface area contributed by atoms with Crippen molar-refractivity contribution in [3.63, 3.8) is 0 Å². The zero-order valence-corrected chi connectivity index (χ0v) is 9.93. The highest BCUT2D eigenvalue weighted by Crippen LogP contribution is 2.25. The molecule has 2 nitrogen and oxygen atoms in total. The summed E-state index contributed by atoms with van der Waals surface area (Å²) in [6.45, 7) is 4.76. The van der Waals surface area contributed by atoms with E-state index in [1.54, 1.807) is 0 Å². The van der Waals surface area contributed by atoms with Crippen molar-refractivity contribution in [3.8, 4) is 0 Å². The van der Waals surface area contributed by atoms with Gasteiger partial charge in [-0.2, -0.15) is 11.8 Å². The van der Waals surface area contributed by atoms with Crippen molar-refractivity contribution >= 4 is 11.8 Å². The predicted molar refractivity (Wildman–Crippen MR) is 63.7 cm³/mol. The van der Waals surface area contributed by atoms with E-state index in [-0.39, 0.29) is 0 Å². The monoisotopic (exact) mass is 214 g/mol. The van der Waals surface area contributed by atoms with Gasteiger partial charge in [-0.1, -0.05) is 6.92 Å². The third-order valence-corrected chi connectivity index (χ3v) is 4.85. The molecule has 82 valence electrons. The standard InChI is InChI=1S/C11H22N2S/c1-9-7-13(5-4-11(9)12)10-3-2-6-14-8-10/h9-11H,2-8,12H2,1H3. The maximum Gasteiger partial charge on any atom is 0.0186 e. The number of rotatable bonds is 1. The van der Waals surface area contributed by atoms with Gasteiger partial charge in [0, 0.05) is 24.4 Å². The minimum atomic E-state index is 0.447. The molecule has 0 aliphatic carbocycles. The second-order valence-corrected chi connectivity index (χ2v) is 5.95. The molecular weight excluding hydrogens is 192 g/mol. The molecule has 2 aliphatic rings. The van der Waals surface area contributed by atoms with E-state index in [9.17, 15) is 0 Å². The molecule has 3 heteroatoms. The van der Waals surface area contributed by atoms with E-state index >= 15 is 0 Å². The zero-order chi connectivity index (χ0) is 9.97. The zero-order valence-electron chi connectivity index (χ0n) is 9.11. The van der Waals surface area contributed by atoms with E-state index in [1.165, 1.54) is 43.9 Å². The third-order valence-electron chi connectivity index (χ3n) is 3.66. The summed E-state index contributed by atoms with van der Waals surface area (Å²) in [6.07, 6.45) is 4.02. The van der Waals surface area contributed by atoms with Crippen LogP contribution in [0.2, 0.25) is 0 Å². The first-order chi connectivity index (χ1) is 6.77. The highest BCUT2D eigenvalue weighted by molar-refractivity contribution is 7.99. The number of thioether (sulfide) groups is 1. The molecule has 2 rings (SSSR count). The van der Waals surface area contributed by atoms with Gasteiger partial charge < -0.3 is 5.73 Å². The van der Waals surface area contributed by atoms with Gasteiger partial charge in [-0.15, -0.1) is 0 Å². The van der Waals surface area contributed by atoms with Crippen LogP contribution in [0.5, 0.6) is 0 Å². The van der Waals surface area contributed by atoms with Crippen LogP contribution >= 0.6 is 11.8 Å². The lowest BCUT2D eigenvalue weighted by atomic mass is 9.93. The Morgan fingerprint density at radius 1 is 1.36 bits per heavy atom. The second kappa shape index (κ2) is 4.86. The molecule has 2 aliphatic heterocycles. The minimum Gasteiger partial charge on any atom is -0.327 e. The summed E-state index contributed by atoms with van der Waals surface area (Å²) in [4.78, 5) is 2.68. The predicted octanol–water partition coefficient (Wildman–Crippen LogP) is 1.55. The van der Waals surface area contributed by atoms with E-state index in [0.717, 1.165) is 6.04 Å². The number of piperidine rings is 1. The van der Waals surface area contributed by atoms with Crippen LogP contribution in [0.25, 0.3) is 0 Å². The summed E-state index contributed by atoms with van der Waals surface area (Å²) in [7, 11) is 0. The van der Waals surface area contributed by atoms with E-state index < -0.39 is 0 Å². The van der Waals surface area contributed by atoms with Gasteiger partial charge in [0.1, 0.15) is 0 Å². The average Bonchev–Trinajstić information content (AvgIpc) is 2.23. The maximum absolute atomic E-state index is 6.04. The molecular formula is C11H22N2S. The highest BCUT2D eigenvalue weighted by atomic mass is 32.2. The number of nitrogens with two attached hydrogens (primary N) is 1. The lowest BCUT2D eigenvalue weighted by molar-refractivity contribution is 0.119. The van der Waals surface area contributed by atoms with Crippen LogP contribution in [0.1, 0.15) is 26.2 Å². The number of likely N-dealkylation sites (tertiary alicyclic amines) is 1. The molecule has 3 atom stereocenters. The summed E-state index contributed by atoms with van der Waals surface area (Å²) >= 11 is 2.13. The molecule has 0 saturated carbocycles. The Kier molecular flexibility index (Phi) is 3.74. The van der Waals surface area contributed by atoms with Gasteiger partial charge in [0.05, 0.1) is 0 Å². The van der Waals surface area contributed by atoms with Crippen LogP contribution in [0.4, 0.5) is 0 Å². The fourth-order valence-electron chi connectivity index (χ4n) is 2.54. The van der Waals surface area contributed by atoms with Crippen molar-refractivity contribution < 1.29 is 0 Å². The molecule has 2 saturated heterocycles. The number of hydrogen-bond donors (Lipinski definition) is 1. The van der Waals surface area contributed by atoms with E-state index in [2.05, 4.69) is 23.6 Å². The molecule has 2 heterocycles. The molecule has 0 bridgehead atoms. The second-order valence-electron chi connectivity index (χ2n) is 4.80. The van der Waals surface area contributed by atoms with Crippen molar-refractivity contribution in [2.75, 3.05) is 24.6 Å². The van der Waals surface area contributed by atoms with E-state index in [4.69, 9.17) is 5.73 Å². The Hall–Kier alpha value is 0.270. The molecule has 14 heavy (non-hydrogen) atoms. The van der Waals surface area contributed by atoms with Gasteiger partial charge in [0.15, 0.2) is 0 Å². The summed E-state index contributed by atoms with van der Waals surface area (Å²) in [5.41, 5.74) is 6.04. The van der Waals surface area contributed by atoms with Gasteiger partial charge in [0.25, 0.3) is 0 Å². The largest absolute Gasteiger partial charge is 0.327 e. The molecule has 2 N–H and O–H groups in total. The summed E-state index contributed by atoms with van der Waals surface area (Å²) in [6, 6.07) is 1.30. The lowest BCUT2D eigenvalue weighted by Crippen LogP contribution is -2.51. The van der Waals surface area contributed by atoms with Crippen molar-refractivity contribution in [2.24, 2.45) is 11.7 Å². The SMILES string of the molecule is CC1CN(C2CCCSC2)CCC1N. The fourth-order valence-corrected chi connectivity index (χ4v) is 3.73. The summed E-state index contributed by atoms with van der Waals surface area (Å²) in [5.74, 6) is 3.41. The fraction of sp³-hybridized carbons (Fsp3) is 1.00. The van der Waals surface area contributed by atoms with Gasteiger partial charge >= 0.3 is 0 Å². The molecule has 2 fully saturated rings. The number of nitrogens with zero attached hydrogens (tertiary/aromatic N) is 1. The van der Waals surface area contributed by atoms with Gasteiger partial charge in [-0.25, -0.2) is 0 Å². The average molecular weight is 214 g/mol. The summed E-state index contributed by atoms with van der Waals surface area (Å²) in [5, 5.41) is 0. The van der Waals surface area contributed by atoms with Gasteiger partial charge in [-0.05, 0) is 37.5 Å². The first kappa shape index (κ1) is 10.8. The maximum atomic E-state index is 6.04. The first-order valence-electron chi connectivity index (χ1n) is 5.85. The van der Waals surface area contributed by atoms with Gasteiger partial charge in [0.2, 0.25) is 0 Å². The van der Waals surface area contributed by atoms with Crippen LogP contribution in [0, 0.1) is 5.92 Å². The third kappa shape index (κ3) is 2.44. The molecule has 0 amide bonds. The Labute approximate surface area is 91.6 Å². The highest BCUT2D eigenvalue weighted by Gasteiger charge is 2.28. The van der Waals surface area contributed by atoms with Crippen LogP contribution in [0.3, 0.4) is 0 Å². The topological polar surface area (TPSA) is 29.3 Å². The molecule has 0 aromatic carbocycles. The van der Waals surface area contributed by atoms with E-state index in [0.29, 0.717) is 12.0 Å². The van der Waals surface area contributed by atoms with Crippen LogP contribution < -0.4 is 5.73 Å². The van der Waals surface area contributed by atoms with Crippen LogP contribution in [0.15, 0.2) is 0 Å². The minimum absolute atomic E-state index is 0.447. The van der Waals surface area contributed by atoms with Crippen molar-refractivity contribution in [1.29, 1.82) is 0 Å². The lowest BCUT2D eigenvalue weighted by Gasteiger charge is -2.41.